The van der Waals surface area contributed by atoms with Gasteiger partial charge in [-0.15, -0.1) is 0 Å². The number of para-hydroxylation sites is 1. The van der Waals surface area contributed by atoms with Gasteiger partial charge in [0, 0.05) is 30.7 Å². The summed E-state index contributed by atoms with van der Waals surface area (Å²) in [5.41, 5.74) is 1.31. The normalized spacial score (nSPS) is 10.6. The number of hydrogen-bond donors (Lipinski definition) is 3. The van der Waals surface area contributed by atoms with Gasteiger partial charge >= 0.3 is 0 Å². The van der Waals surface area contributed by atoms with Gasteiger partial charge < -0.3 is 20.5 Å². The third-order valence-electron chi connectivity index (χ3n) is 4.12. The lowest BCUT2D eigenvalue weighted by Gasteiger charge is -2.09. The number of aromatic nitrogens is 4. The van der Waals surface area contributed by atoms with Crippen molar-refractivity contribution in [3.63, 3.8) is 0 Å². The van der Waals surface area contributed by atoms with E-state index in [-0.39, 0.29) is 12.3 Å². The lowest BCUT2D eigenvalue weighted by molar-refractivity contribution is -0.120. The molecular formula is C20H19N7O2. The van der Waals surface area contributed by atoms with Crippen molar-refractivity contribution < 1.29 is 9.32 Å². The number of carbonyl (C=O) groups excluding carboxylic acids is 1. The minimum absolute atomic E-state index is 0.119. The molecule has 3 N–H and O–H groups in total. The van der Waals surface area contributed by atoms with Gasteiger partial charge in [-0.25, -0.2) is 15.0 Å². The molecule has 146 valence electrons. The first kappa shape index (κ1) is 18.4. The molecule has 0 aliphatic rings. The Bertz CT molecular complexity index is 1100. The van der Waals surface area contributed by atoms with E-state index in [1.165, 1.54) is 6.33 Å². The number of amides is 1. The number of anilines is 3. The van der Waals surface area contributed by atoms with Gasteiger partial charge in [0.25, 0.3) is 0 Å². The number of fused-ring (bicyclic) bond motifs is 1. The molecule has 0 saturated heterocycles. The Morgan fingerprint density at radius 1 is 0.931 bits per heavy atom. The van der Waals surface area contributed by atoms with Gasteiger partial charge in [0.2, 0.25) is 5.91 Å². The van der Waals surface area contributed by atoms with E-state index >= 15 is 0 Å². The van der Waals surface area contributed by atoms with Gasteiger partial charge in [-0.2, -0.15) is 0 Å². The van der Waals surface area contributed by atoms with E-state index in [0.29, 0.717) is 41.8 Å². The fraction of sp³-hybridized carbons (Fsp3) is 0.150. The molecule has 1 aromatic carbocycles. The largest absolute Gasteiger partial charge is 0.368 e. The van der Waals surface area contributed by atoms with Crippen LogP contribution in [0.2, 0.25) is 0 Å². The summed E-state index contributed by atoms with van der Waals surface area (Å²) < 4.78 is 5.22. The van der Waals surface area contributed by atoms with Crippen LogP contribution in [0, 0.1) is 0 Å². The standard InChI is InChI=1S/C20H19N7O2/c28-20(11-15-14-5-1-2-6-16(14)29-27-15)23-10-9-22-18-12-19(25-13-24-18)26-17-7-3-4-8-21-17/h1-8,12-13H,9-11H2,(H,23,28)(H2,21,22,24,25,26). The van der Waals surface area contributed by atoms with Crippen LogP contribution in [-0.4, -0.2) is 39.1 Å². The van der Waals surface area contributed by atoms with Crippen LogP contribution in [0.4, 0.5) is 17.5 Å². The second kappa shape index (κ2) is 8.79. The molecule has 4 aromatic rings. The van der Waals surface area contributed by atoms with Crippen molar-refractivity contribution in [1.82, 2.24) is 25.4 Å². The number of rotatable bonds is 8. The average molecular weight is 389 g/mol. The maximum absolute atomic E-state index is 12.2. The molecule has 3 aromatic heterocycles. The predicted octanol–water partition coefficient (Wildman–Crippen LogP) is 2.53. The van der Waals surface area contributed by atoms with Crippen LogP contribution >= 0.6 is 0 Å². The van der Waals surface area contributed by atoms with Crippen molar-refractivity contribution in [3.05, 3.63) is 66.7 Å². The summed E-state index contributed by atoms with van der Waals surface area (Å²) in [4.78, 5) is 24.7. The van der Waals surface area contributed by atoms with E-state index in [9.17, 15) is 4.79 Å². The predicted molar refractivity (Wildman–Crippen MR) is 109 cm³/mol. The van der Waals surface area contributed by atoms with Crippen molar-refractivity contribution in [2.45, 2.75) is 6.42 Å². The minimum Gasteiger partial charge on any atom is -0.368 e. The van der Waals surface area contributed by atoms with Gasteiger partial charge in [-0.3, -0.25) is 4.79 Å². The molecule has 0 fully saturated rings. The molecule has 0 aliphatic heterocycles. The zero-order chi connectivity index (χ0) is 19.9. The van der Waals surface area contributed by atoms with Gasteiger partial charge in [-0.1, -0.05) is 23.4 Å². The van der Waals surface area contributed by atoms with E-state index in [1.54, 1.807) is 12.3 Å². The van der Waals surface area contributed by atoms with Crippen LogP contribution in [0.25, 0.3) is 11.0 Å². The van der Waals surface area contributed by atoms with Gasteiger partial charge in [0.05, 0.1) is 6.42 Å². The van der Waals surface area contributed by atoms with Crippen LogP contribution < -0.4 is 16.0 Å². The molecule has 3 heterocycles. The monoisotopic (exact) mass is 389 g/mol. The SMILES string of the molecule is O=C(Cc1noc2ccccc12)NCCNc1cc(Nc2ccccn2)ncn1. The molecule has 0 spiro atoms. The Morgan fingerprint density at radius 3 is 2.69 bits per heavy atom. The Hall–Kier alpha value is -4.01. The highest BCUT2D eigenvalue weighted by molar-refractivity contribution is 5.86. The highest BCUT2D eigenvalue weighted by Crippen LogP contribution is 2.18. The number of hydrogen-bond acceptors (Lipinski definition) is 8. The van der Waals surface area contributed by atoms with E-state index in [0.717, 1.165) is 5.39 Å². The molecule has 0 saturated carbocycles. The lowest BCUT2D eigenvalue weighted by atomic mass is 10.1. The molecule has 4 rings (SSSR count). The molecule has 0 radical (unpaired) electrons. The van der Waals surface area contributed by atoms with E-state index in [4.69, 9.17) is 4.52 Å². The fourth-order valence-corrected chi connectivity index (χ4v) is 2.76. The van der Waals surface area contributed by atoms with E-state index in [2.05, 4.69) is 36.1 Å². The Labute approximate surface area is 166 Å². The van der Waals surface area contributed by atoms with Gasteiger partial charge in [0.1, 0.15) is 29.5 Å². The first-order chi connectivity index (χ1) is 14.3. The lowest BCUT2D eigenvalue weighted by Crippen LogP contribution is -2.30. The fourth-order valence-electron chi connectivity index (χ4n) is 2.76. The zero-order valence-corrected chi connectivity index (χ0v) is 15.5. The molecule has 0 atom stereocenters. The van der Waals surface area contributed by atoms with Crippen LogP contribution in [0.15, 0.2) is 65.6 Å². The van der Waals surface area contributed by atoms with Crippen molar-refractivity contribution in [2.24, 2.45) is 0 Å². The highest BCUT2D eigenvalue weighted by atomic mass is 16.5. The maximum atomic E-state index is 12.2. The first-order valence-corrected chi connectivity index (χ1v) is 9.12. The topological polar surface area (TPSA) is 118 Å². The van der Waals surface area contributed by atoms with Crippen LogP contribution in [0.5, 0.6) is 0 Å². The summed E-state index contributed by atoms with van der Waals surface area (Å²) in [6, 6.07) is 14.8. The molecule has 0 aliphatic carbocycles. The average Bonchev–Trinajstić information content (AvgIpc) is 3.15. The second-order valence-electron chi connectivity index (χ2n) is 6.21. The van der Waals surface area contributed by atoms with Crippen molar-refractivity contribution in [3.8, 4) is 0 Å². The summed E-state index contributed by atoms with van der Waals surface area (Å²) in [5.74, 6) is 1.86. The van der Waals surface area contributed by atoms with Crippen LogP contribution in [0.3, 0.4) is 0 Å². The van der Waals surface area contributed by atoms with Crippen molar-refractivity contribution in [1.29, 1.82) is 0 Å². The first-order valence-electron chi connectivity index (χ1n) is 9.12. The molecular weight excluding hydrogens is 370 g/mol. The quantitative estimate of drug-likeness (QED) is 0.394. The number of nitrogens with one attached hydrogen (secondary N) is 3. The summed E-state index contributed by atoms with van der Waals surface area (Å²) in [7, 11) is 0. The number of benzene rings is 1. The maximum Gasteiger partial charge on any atom is 0.226 e. The van der Waals surface area contributed by atoms with Crippen molar-refractivity contribution >= 4 is 34.3 Å². The summed E-state index contributed by atoms with van der Waals surface area (Å²) in [6.07, 6.45) is 3.33. The molecule has 0 unspecified atom stereocenters. The zero-order valence-electron chi connectivity index (χ0n) is 15.5. The van der Waals surface area contributed by atoms with Crippen LogP contribution in [-0.2, 0) is 11.2 Å². The molecule has 0 bridgehead atoms. The third kappa shape index (κ3) is 4.83. The van der Waals surface area contributed by atoms with E-state index in [1.807, 2.05) is 42.5 Å². The smallest absolute Gasteiger partial charge is 0.226 e. The van der Waals surface area contributed by atoms with Gasteiger partial charge in [0.15, 0.2) is 5.58 Å². The summed E-state index contributed by atoms with van der Waals surface area (Å²) >= 11 is 0. The summed E-state index contributed by atoms with van der Waals surface area (Å²) in [5, 5.41) is 13.9. The number of carbonyl (C=O) groups is 1. The van der Waals surface area contributed by atoms with E-state index < -0.39 is 0 Å². The summed E-state index contributed by atoms with van der Waals surface area (Å²) in [6.45, 7) is 0.965. The Kier molecular flexibility index (Phi) is 5.56. The van der Waals surface area contributed by atoms with Crippen molar-refractivity contribution in [2.75, 3.05) is 23.7 Å². The minimum atomic E-state index is -0.119. The number of nitrogens with zero attached hydrogens (tertiary/aromatic N) is 4. The molecule has 9 nitrogen and oxygen atoms in total. The molecule has 9 heteroatoms. The Balaban J connectivity index is 1.24. The molecule has 29 heavy (non-hydrogen) atoms. The Morgan fingerprint density at radius 2 is 1.79 bits per heavy atom. The second-order valence-corrected chi connectivity index (χ2v) is 6.21. The van der Waals surface area contributed by atoms with Gasteiger partial charge in [-0.05, 0) is 24.3 Å². The third-order valence-corrected chi connectivity index (χ3v) is 4.12. The van der Waals surface area contributed by atoms with Crippen LogP contribution in [0.1, 0.15) is 5.69 Å². The number of pyridine rings is 1. The molecule has 1 amide bonds. The highest BCUT2D eigenvalue weighted by Gasteiger charge is 2.11.